The lowest BCUT2D eigenvalue weighted by atomic mass is 10.0. The second-order valence-corrected chi connectivity index (χ2v) is 9.34. The van der Waals surface area contributed by atoms with Crippen LogP contribution < -0.4 is 15.4 Å². The van der Waals surface area contributed by atoms with Crippen LogP contribution in [0.5, 0.6) is 5.75 Å². The van der Waals surface area contributed by atoms with Crippen LogP contribution in [0, 0.1) is 11.6 Å². The van der Waals surface area contributed by atoms with Gasteiger partial charge in [0.1, 0.15) is 11.4 Å². The van der Waals surface area contributed by atoms with Crippen LogP contribution in [-0.4, -0.2) is 40.9 Å². The van der Waals surface area contributed by atoms with Gasteiger partial charge in [0.2, 0.25) is 5.95 Å². The molecular weight excluding hydrogens is 442 g/mol. The highest BCUT2D eigenvalue weighted by atomic mass is 19.1. The molecule has 0 aliphatic heterocycles. The summed E-state index contributed by atoms with van der Waals surface area (Å²) in [5.74, 6) is -1.05. The highest BCUT2D eigenvalue weighted by molar-refractivity contribution is 5.85. The molecule has 4 rings (SSSR count). The molecule has 34 heavy (non-hydrogen) atoms. The molecule has 7 nitrogen and oxygen atoms in total. The van der Waals surface area contributed by atoms with E-state index in [1.165, 1.54) is 19.2 Å². The Balaban J connectivity index is 1.52. The Morgan fingerprint density at radius 2 is 1.88 bits per heavy atom. The van der Waals surface area contributed by atoms with Crippen molar-refractivity contribution < 1.29 is 23.0 Å². The predicted molar refractivity (Wildman–Crippen MR) is 126 cm³/mol. The highest BCUT2D eigenvalue weighted by Crippen LogP contribution is 2.33. The number of nitrogens with zero attached hydrogens (tertiary/aromatic N) is 2. The second-order valence-electron chi connectivity index (χ2n) is 9.34. The highest BCUT2D eigenvalue weighted by Gasteiger charge is 2.30. The van der Waals surface area contributed by atoms with Gasteiger partial charge in [-0.05, 0) is 69.9 Å². The zero-order valence-corrected chi connectivity index (χ0v) is 19.6. The SMILES string of the molecule is COc1ccc(F)c(-c2ccc3nc(NC4CCCC4NC(=O)OC(C)(C)C)ncc3c2)c1F. The Bertz CT molecular complexity index is 1210. The summed E-state index contributed by atoms with van der Waals surface area (Å²) in [5.41, 5.74) is 0.260. The first kappa shape index (κ1) is 23.7. The summed E-state index contributed by atoms with van der Waals surface area (Å²) in [4.78, 5) is 21.1. The number of anilines is 1. The zero-order chi connectivity index (χ0) is 24.5. The van der Waals surface area contributed by atoms with Crippen LogP contribution in [0.3, 0.4) is 0 Å². The Morgan fingerprint density at radius 3 is 2.62 bits per heavy atom. The van der Waals surface area contributed by atoms with E-state index in [1.54, 1.807) is 24.4 Å². The Morgan fingerprint density at radius 1 is 1.12 bits per heavy atom. The Labute approximate surface area is 196 Å². The van der Waals surface area contributed by atoms with Gasteiger partial charge < -0.3 is 20.1 Å². The average molecular weight is 471 g/mol. The number of hydrogen-bond acceptors (Lipinski definition) is 6. The lowest BCUT2D eigenvalue weighted by Gasteiger charge is -2.25. The first-order valence-electron chi connectivity index (χ1n) is 11.2. The van der Waals surface area contributed by atoms with E-state index in [2.05, 4.69) is 20.6 Å². The third-order valence-corrected chi connectivity index (χ3v) is 5.68. The molecule has 1 heterocycles. The van der Waals surface area contributed by atoms with Gasteiger partial charge in [-0.3, -0.25) is 0 Å². The number of methoxy groups -OCH3 is 1. The summed E-state index contributed by atoms with van der Waals surface area (Å²) in [5, 5.41) is 6.87. The molecule has 1 aliphatic carbocycles. The van der Waals surface area contributed by atoms with E-state index in [0.717, 1.165) is 19.3 Å². The number of hydrogen-bond donors (Lipinski definition) is 2. The minimum absolute atomic E-state index is 0.0293. The first-order valence-corrected chi connectivity index (χ1v) is 11.2. The number of nitrogens with one attached hydrogen (secondary N) is 2. The molecule has 0 saturated heterocycles. The molecule has 0 radical (unpaired) electrons. The van der Waals surface area contributed by atoms with Gasteiger partial charge in [-0.25, -0.2) is 23.5 Å². The van der Waals surface area contributed by atoms with Crippen molar-refractivity contribution in [1.82, 2.24) is 15.3 Å². The molecule has 0 spiro atoms. The quantitative estimate of drug-likeness (QED) is 0.516. The van der Waals surface area contributed by atoms with Crippen LogP contribution in [0.4, 0.5) is 19.5 Å². The number of amides is 1. The van der Waals surface area contributed by atoms with Crippen molar-refractivity contribution >= 4 is 22.9 Å². The van der Waals surface area contributed by atoms with Gasteiger partial charge >= 0.3 is 6.09 Å². The molecule has 1 aromatic heterocycles. The first-order chi connectivity index (χ1) is 16.1. The molecule has 3 aromatic rings. The molecule has 180 valence electrons. The number of carbonyl (C=O) groups is 1. The van der Waals surface area contributed by atoms with E-state index in [-0.39, 0.29) is 23.4 Å². The summed E-state index contributed by atoms with van der Waals surface area (Å²) >= 11 is 0. The third-order valence-electron chi connectivity index (χ3n) is 5.68. The molecule has 1 aliphatic rings. The number of aromatic nitrogens is 2. The minimum Gasteiger partial charge on any atom is -0.494 e. The Kier molecular flexibility index (Phi) is 6.54. The van der Waals surface area contributed by atoms with Crippen LogP contribution in [-0.2, 0) is 4.74 Å². The fourth-order valence-corrected chi connectivity index (χ4v) is 4.14. The van der Waals surface area contributed by atoms with Crippen molar-refractivity contribution in [3.8, 4) is 16.9 Å². The van der Waals surface area contributed by atoms with E-state index in [4.69, 9.17) is 9.47 Å². The van der Waals surface area contributed by atoms with E-state index < -0.39 is 23.3 Å². The van der Waals surface area contributed by atoms with Gasteiger partial charge in [0.15, 0.2) is 11.6 Å². The van der Waals surface area contributed by atoms with E-state index in [1.807, 2.05) is 20.8 Å². The molecule has 0 bridgehead atoms. The van der Waals surface area contributed by atoms with Crippen molar-refractivity contribution in [3.05, 3.63) is 48.2 Å². The summed E-state index contributed by atoms with van der Waals surface area (Å²) in [6.07, 6.45) is 3.79. The molecule has 1 amide bonds. The van der Waals surface area contributed by atoms with Gasteiger partial charge in [0.25, 0.3) is 0 Å². The normalized spacial score (nSPS) is 18.1. The lowest BCUT2D eigenvalue weighted by Crippen LogP contribution is -2.45. The number of fused-ring (bicyclic) bond motifs is 1. The standard InChI is InChI=1S/C25H28F2N4O3/c1-25(2,3)34-24(32)31-19-7-5-6-18(19)30-23-28-13-15-12-14(8-10-17(15)29-23)21-16(26)9-11-20(33-4)22(21)27/h8-13,18-19H,5-7H2,1-4H3,(H,31,32)(H,28,29,30). The number of rotatable bonds is 5. The summed E-state index contributed by atoms with van der Waals surface area (Å²) in [7, 11) is 1.33. The number of benzene rings is 2. The van der Waals surface area contributed by atoms with Crippen LogP contribution in [0.15, 0.2) is 36.5 Å². The second kappa shape index (κ2) is 9.40. The fraction of sp³-hybridized carbons (Fsp3) is 0.400. The zero-order valence-electron chi connectivity index (χ0n) is 19.6. The van der Waals surface area contributed by atoms with Crippen LogP contribution >= 0.6 is 0 Å². The monoisotopic (exact) mass is 470 g/mol. The van der Waals surface area contributed by atoms with E-state index in [9.17, 15) is 13.6 Å². The minimum atomic E-state index is -0.759. The number of carbonyl (C=O) groups excluding carboxylic acids is 1. The maximum Gasteiger partial charge on any atom is 0.407 e. The number of halogens is 2. The molecular formula is C25H28F2N4O3. The van der Waals surface area contributed by atoms with Crippen LogP contribution in [0.2, 0.25) is 0 Å². The molecule has 2 atom stereocenters. The summed E-state index contributed by atoms with van der Waals surface area (Å²) in [6.45, 7) is 5.47. The number of ether oxygens (including phenoxy) is 2. The molecule has 2 unspecified atom stereocenters. The molecule has 9 heteroatoms. The van der Waals surface area contributed by atoms with Gasteiger partial charge in [-0.15, -0.1) is 0 Å². The van der Waals surface area contributed by atoms with Crippen LogP contribution in [0.25, 0.3) is 22.0 Å². The molecule has 2 N–H and O–H groups in total. The smallest absolute Gasteiger partial charge is 0.407 e. The van der Waals surface area contributed by atoms with Crippen molar-refractivity contribution in [2.75, 3.05) is 12.4 Å². The molecule has 2 aromatic carbocycles. The maximum absolute atomic E-state index is 14.7. The topological polar surface area (TPSA) is 85.4 Å². The van der Waals surface area contributed by atoms with Crippen molar-refractivity contribution in [3.63, 3.8) is 0 Å². The average Bonchev–Trinajstić information content (AvgIpc) is 3.18. The van der Waals surface area contributed by atoms with Gasteiger partial charge in [0, 0.05) is 17.6 Å². The molecule has 1 fully saturated rings. The van der Waals surface area contributed by atoms with Gasteiger partial charge in [-0.1, -0.05) is 6.07 Å². The van der Waals surface area contributed by atoms with Crippen molar-refractivity contribution in [1.29, 1.82) is 0 Å². The van der Waals surface area contributed by atoms with Crippen molar-refractivity contribution in [2.24, 2.45) is 0 Å². The van der Waals surface area contributed by atoms with Crippen molar-refractivity contribution in [2.45, 2.75) is 57.7 Å². The summed E-state index contributed by atoms with van der Waals surface area (Å²) in [6, 6.07) is 7.24. The largest absolute Gasteiger partial charge is 0.494 e. The fourth-order valence-electron chi connectivity index (χ4n) is 4.14. The summed E-state index contributed by atoms with van der Waals surface area (Å²) < 4.78 is 39.4. The van der Waals surface area contributed by atoms with E-state index in [0.29, 0.717) is 22.4 Å². The third kappa shape index (κ3) is 5.18. The predicted octanol–water partition coefficient (Wildman–Crippen LogP) is 5.44. The Hall–Kier alpha value is -3.49. The van der Waals surface area contributed by atoms with Gasteiger partial charge in [-0.2, -0.15) is 0 Å². The van der Waals surface area contributed by atoms with Crippen LogP contribution in [0.1, 0.15) is 40.0 Å². The molecule has 1 saturated carbocycles. The maximum atomic E-state index is 14.7. The van der Waals surface area contributed by atoms with Gasteiger partial charge in [0.05, 0.1) is 24.2 Å². The number of alkyl carbamates (subject to hydrolysis) is 1. The van der Waals surface area contributed by atoms with E-state index >= 15 is 0 Å². The lowest BCUT2D eigenvalue weighted by molar-refractivity contribution is 0.0503.